The van der Waals surface area contributed by atoms with E-state index in [1.807, 2.05) is 0 Å². The summed E-state index contributed by atoms with van der Waals surface area (Å²) in [5.74, 6) is -2.03. The van der Waals surface area contributed by atoms with Gasteiger partial charge in [-0.1, -0.05) is 12.5 Å². The molecule has 0 radical (unpaired) electrons. The SMILES string of the molecule is CS(=O)(=O)c1c(F)ccc(C2(CN)CCC2)c1F. The van der Waals surface area contributed by atoms with E-state index >= 15 is 0 Å². The summed E-state index contributed by atoms with van der Waals surface area (Å²) >= 11 is 0. The van der Waals surface area contributed by atoms with Gasteiger partial charge in [0.05, 0.1) is 0 Å². The Morgan fingerprint density at radius 3 is 2.33 bits per heavy atom. The standard InChI is InChI=1S/C12H15F2NO2S/c1-18(16,17)11-9(13)4-3-8(10(11)14)12(7-15)5-2-6-12/h3-4H,2,5-7,15H2,1H3. The zero-order valence-corrected chi connectivity index (χ0v) is 10.9. The average molecular weight is 275 g/mol. The lowest BCUT2D eigenvalue weighted by molar-refractivity contribution is 0.242. The van der Waals surface area contributed by atoms with Crippen LogP contribution in [0.1, 0.15) is 24.8 Å². The van der Waals surface area contributed by atoms with E-state index in [9.17, 15) is 17.2 Å². The number of hydrogen-bond acceptors (Lipinski definition) is 3. The van der Waals surface area contributed by atoms with Crippen molar-refractivity contribution < 1.29 is 17.2 Å². The second-order valence-electron chi connectivity index (χ2n) is 4.85. The summed E-state index contributed by atoms with van der Waals surface area (Å²) in [7, 11) is -3.93. The Bertz CT molecular complexity index is 574. The topological polar surface area (TPSA) is 60.2 Å². The molecule has 18 heavy (non-hydrogen) atoms. The predicted molar refractivity (Wildman–Crippen MR) is 64.1 cm³/mol. The van der Waals surface area contributed by atoms with E-state index in [1.165, 1.54) is 6.07 Å². The predicted octanol–water partition coefficient (Wildman–Crippen LogP) is 1.75. The summed E-state index contributed by atoms with van der Waals surface area (Å²) in [5, 5.41) is 0. The van der Waals surface area contributed by atoms with Crippen molar-refractivity contribution in [1.82, 2.24) is 0 Å². The normalized spacial score (nSPS) is 18.4. The highest BCUT2D eigenvalue weighted by Crippen LogP contribution is 2.44. The van der Waals surface area contributed by atoms with Crippen LogP contribution in [0.15, 0.2) is 17.0 Å². The molecule has 1 aromatic rings. The minimum atomic E-state index is -3.93. The fraction of sp³-hybridized carbons (Fsp3) is 0.500. The molecule has 6 heteroatoms. The molecule has 1 aliphatic rings. The molecule has 1 aromatic carbocycles. The zero-order chi connectivity index (χ0) is 13.6. The maximum Gasteiger partial charge on any atom is 0.181 e. The molecule has 0 aromatic heterocycles. The fourth-order valence-electron chi connectivity index (χ4n) is 2.47. The Morgan fingerprint density at radius 1 is 1.33 bits per heavy atom. The van der Waals surface area contributed by atoms with Gasteiger partial charge in [0.15, 0.2) is 9.84 Å². The first kappa shape index (κ1) is 13.4. The van der Waals surface area contributed by atoms with Crippen LogP contribution in [0, 0.1) is 11.6 Å². The van der Waals surface area contributed by atoms with Crippen LogP contribution in [0.5, 0.6) is 0 Å². The van der Waals surface area contributed by atoms with Gasteiger partial charge in [-0.3, -0.25) is 0 Å². The van der Waals surface area contributed by atoms with Crippen LogP contribution in [0.2, 0.25) is 0 Å². The van der Waals surface area contributed by atoms with Gasteiger partial charge >= 0.3 is 0 Å². The van der Waals surface area contributed by atoms with Crippen molar-refractivity contribution in [2.45, 2.75) is 29.6 Å². The summed E-state index contributed by atoms with van der Waals surface area (Å²) in [5.41, 5.74) is 5.35. The van der Waals surface area contributed by atoms with Gasteiger partial charge in [0.1, 0.15) is 16.5 Å². The van der Waals surface area contributed by atoms with Crippen LogP contribution in [0.25, 0.3) is 0 Å². The first-order chi connectivity index (χ1) is 8.32. The monoisotopic (exact) mass is 275 g/mol. The molecule has 0 aliphatic heterocycles. The van der Waals surface area contributed by atoms with E-state index in [-0.39, 0.29) is 12.1 Å². The number of hydrogen-bond donors (Lipinski definition) is 1. The Balaban J connectivity index is 2.66. The molecule has 1 aliphatic carbocycles. The maximum absolute atomic E-state index is 14.3. The molecule has 0 bridgehead atoms. The molecule has 0 saturated heterocycles. The molecular formula is C12H15F2NO2S. The van der Waals surface area contributed by atoms with E-state index in [0.717, 1.165) is 18.7 Å². The third kappa shape index (κ3) is 1.93. The molecule has 1 saturated carbocycles. The van der Waals surface area contributed by atoms with Crippen LogP contribution in [-0.2, 0) is 15.3 Å². The van der Waals surface area contributed by atoms with Gasteiger partial charge in [0.2, 0.25) is 0 Å². The van der Waals surface area contributed by atoms with Crippen molar-refractivity contribution in [3.05, 3.63) is 29.3 Å². The van der Waals surface area contributed by atoms with Crippen LogP contribution in [-0.4, -0.2) is 21.2 Å². The van der Waals surface area contributed by atoms with Gasteiger partial charge in [-0.05, 0) is 24.5 Å². The maximum atomic E-state index is 14.3. The van der Waals surface area contributed by atoms with Gasteiger partial charge in [0, 0.05) is 18.2 Å². The summed E-state index contributed by atoms with van der Waals surface area (Å²) in [6.07, 6.45) is 3.13. The Kier molecular flexibility index (Phi) is 3.19. The quantitative estimate of drug-likeness (QED) is 0.914. The van der Waals surface area contributed by atoms with Gasteiger partial charge in [0.25, 0.3) is 0 Å². The van der Waals surface area contributed by atoms with Crippen molar-refractivity contribution in [3.63, 3.8) is 0 Å². The van der Waals surface area contributed by atoms with E-state index in [2.05, 4.69) is 0 Å². The number of halogens is 2. The van der Waals surface area contributed by atoms with Crippen molar-refractivity contribution >= 4 is 9.84 Å². The average Bonchev–Trinajstić information content (AvgIpc) is 2.18. The smallest absolute Gasteiger partial charge is 0.181 e. The number of benzene rings is 1. The van der Waals surface area contributed by atoms with Crippen molar-refractivity contribution in [2.75, 3.05) is 12.8 Å². The number of sulfone groups is 1. The highest BCUT2D eigenvalue weighted by Gasteiger charge is 2.41. The lowest BCUT2D eigenvalue weighted by atomic mass is 9.64. The van der Waals surface area contributed by atoms with E-state index < -0.39 is 31.8 Å². The Hall–Kier alpha value is -1.01. The van der Waals surface area contributed by atoms with Gasteiger partial charge in [-0.25, -0.2) is 17.2 Å². The molecule has 2 rings (SSSR count). The van der Waals surface area contributed by atoms with Crippen LogP contribution in [0.3, 0.4) is 0 Å². The molecule has 1 fully saturated rings. The highest BCUT2D eigenvalue weighted by molar-refractivity contribution is 7.90. The number of nitrogens with two attached hydrogens (primary N) is 1. The lowest BCUT2D eigenvalue weighted by Gasteiger charge is -2.41. The number of rotatable bonds is 3. The molecule has 0 heterocycles. The Morgan fingerprint density at radius 2 is 1.94 bits per heavy atom. The summed E-state index contributed by atoms with van der Waals surface area (Å²) in [6.45, 7) is 0.235. The van der Waals surface area contributed by atoms with Gasteiger partial charge in [-0.2, -0.15) is 0 Å². The third-order valence-electron chi connectivity index (χ3n) is 3.69. The third-order valence-corrected chi connectivity index (χ3v) is 4.81. The van der Waals surface area contributed by atoms with Crippen LogP contribution >= 0.6 is 0 Å². The fourth-order valence-corrected chi connectivity index (χ4v) is 3.33. The Labute approximate surface area is 105 Å². The second-order valence-corrected chi connectivity index (χ2v) is 6.80. The van der Waals surface area contributed by atoms with Gasteiger partial charge < -0.3 is 5.73 Å². The molecule has 0 atom stereocenters. The minimum absolute atomic E-state index is 0.220. The summed E-state index contributed by atoms with van der Waals surface area (Å²) in [6, 6.07) is 2.32. The highest BCUT2D eigenvalue weighted by atomic mass is 32.2. The van der Waals surface area contributed by atoms with Crippen molar-refractivity contribution in [2.24, 2.45) is 5.73 Å². The van der Waals surface area contributed by atoms with E-state index in [0.29, 0.717) is 12.8 Å². The molecule has 2 N–H and O–H groups in total. The molecule has 0 spiro atoms. The first-order valence-electron chi connectivity index (χ1n) is 5.70. The van der Waals surface area contributed by atoms with E-state index in [4.69, 9.17) is 5.73 Å². The van der Waals surface area contributed by atoms with Crippen molar-refractivity contribution in [1.29, 1.82) is 0 Å². The molecule has 0 unspecified atom stereocenters. The minimum Gasteiger partial charge on any atom is -0.330 e. The molecule has 0 amide bonds. The molecule has 100 valence electrons. The van der Waals surface area contributed by atoms with Gasteiger partial charge in [-0.15, -0.1) is 0 Å². The van der Waals surface area contributed by atoms with E-state index in [1.54, 1.807) is 0 Å². The second kappa shape index (κ2) is 4.28. The zero-order valence-electron chi connectivity index (χ0n) is 10.0. The molecule has 3 nitrogen and oxygen atoms in total. The van der Waals surface area contributed by atoms with Crippen LogP contribution in [0.4, 0.5) is 8.78 Å². The van der Waals surface area contributed by atoms with Crippen LogP contribution < -0.4 is 5.73 Å². The summed E-state index contributed by atoms with van der Waals surface area (Å²) in [4.78, 5) is -0.847. The van der Waals surface area contributed by atoms with Crippen molar-refractivity contribution in [3.8, 4) is 0 Å². The lowest BCUT2D eigenvalue weighted by Crippen LogP contribution is -2.42. The molecular weight excluding hydrogens is 260 g/mol. The first-order valence-corrected chi connectivity index (χ1v) is 7.59. The summed E-state index contributed by atoms with van der Waals surface area (Å²) < 4.78 is 50.6. The largest absolute Gasteiger partial charge is 0.330 e.